The highest BCUT2D eigenvalue weighted by molar-refractivity contribution is 6.34. The van der Waals surface area contributed by atoms with Crippen molar-refractivity contribution in [1.82, 2.24) is 9.78 Å². The fraction of sp³-hybridized carbons (Fsp3) is 0.250. The Morgan fingerprint density at radius 3 is 2.42 bits per heavy atom. The van der Waals surface area contributed by atoms with Gasteiger partial charge in [0, 0.05) is 12.6 Å². The minimum atomic E-state index is -2.96. The highest BCUT2D eigenvalue weighted by Crippen LogP contribution is 2.35. The zero-order valence-corrected chi connectivity index (χ0v) is 11.0. The van der Waals surface area contributed by atoms with Crippen molar-refractivity contribution in [1.29, 1.82) is 0 Å². The summed E-state index contributed by atoms with van der Waals surface area (Å²) in [4.78, 5) is 0. The average Bonchev–Trinajstić information content (AvgIpc) is 2.64. The largest absolute Gasteiger partial charge is 0.497 e. The van der Waals surface area contributed by atoms with Crippen molar-refractivity contribution in [3.8, 4) is 22.9 Å². The molecule has 0 unspecified atom stereocenters. The monoisotopic (exact) mass is 288 g/mol. The van der Waals surface area contributed by atoms with E-state index in [4.69, 9.17) is 16.3 Å². The molecule has 2 rings (SSSR count). The lowest BCUT2D eigenvalue weighted by Gasteiger charge is -2.04. The molecular weight excluding hydrogens is 278 g/mol. The molecule has 0 bridgehead atoms. The Labute approximate surface area is 113 Å². The first kappa shape index (κ1) is 13.6. The van der Waals surface area contributed by atoms with Crippen LogP contribution in [0.25, 0.3) is 11.3 Å². The summed E-state index contributed by atoms with van der Waals surface area (Å²) in [7, 11) is 3.16. The number of hydrogen-bond donors (Lipinski definition) is 0. The Balaban J connectivity index is 2.40. The molecule has 7 heteroatoms. The maximum atomic E-state index is 12.2. The number of hydrogen-bond acceptors (Lipinski definition) is 3. The number of aromatic nitrogens is 2. The average molecular weight is 289 g/mol. The van der Waals surface area contributed by atoms with E-state index in [0.29, 0.717) is 11.4 Å². The lowest BCUT2D eigenvalue weighted by Crippen LogP contribution is -2.03. The predicted molar refractivity (Wildman–Crippen MR) is 66.8 cm³/mol. The first-order chi connectivity index (χ1) is 9.02. The van der Waals surface area contributed by atoms with Crippen molar-refractivity contribution in [2.45, 2.75) is 6.61 Å². The summed E-state index contributed by atoms with van der Waals surface area (Å²) in [5.74, 6) is 0.399. The Bertz CT molecular complexity index is 570. The number of halogens is 3. The van der Waals surface area contributed by atoms with Gasteiger partial charge in [0.1, 0.15) is 10.8 Å². The van der Waals surface area contributed by atoms with Gasteiger partial charge in [-0.15, -0.1) is 5.10 Å². The minimum Gasteiger partial charge on any atom is -0.497 e. The van der Waals surface area contributed by atoms with E-state index in [9.17, 15) is 8.78 Å². The molecule has 0 aliphatic rings. The third kappa shape index (κ3) is 2.78. The van der Waals surface area contributed by atoms with Crippen molar-refractivity contribution >= 4 is 11.6 Å². The van der Waals surface area contributed by atoms with Crippen LogP contribution < -0.4 is 9.47 Å². The van der Waals surface area contributed by atoms with Crippen LogP contribution in [0.1, 0.15) is 0 Å². The van der Waals surface area contributed by atoms with Gasteiger partial charge in [-0.3, -0.25) is 4.68 Å². The fourth-order valence-electron chi connectivity index (χ4n) is 1.70. The molecule has 102 valence electrons. The molecular formula is C12H11ClF2N2O2. The van der Waals surface area contributed by atoms with Crippen molar-refractivity contribution in [2.24, 2.45) is 7.05 Å². The number of nitrogens with zero attached hydrogens (tertiary/aromatic N) is 2. The van der Waals surface area contributed by atoms with Crippen molar-refractivity contribution in [2.75, 3.05) is 7.11 Å². The molecule has 0 aliphatic carbocycles. The molecule has 0 fully saturated rings. The Hall–Kier alpha value is -1.82. The van der Waals surface area contributed by atoms with E-state index in [0.717, 1.165) is 5.56 Å². The van der Waals surface area contributed by atoms with Gasteiger partial charge in [-0.1, -0.05) is 11.6 Å². The second kappa shape index (κ2) is 5.44. The SMILES string of the molecule is COc1ccc(-c2c(Cl)c(OC(F)F)nn2C)cc1. The first-order valence-electron chi connectivity index (χ1n) is 5.34. The molecule has 0 saturated heterocycles. The first-order valence-corrected chi connectivity index (χ1v) is 5.72. The molecule has 0 radical (unpaired) electrons. The van der Waals surface area contributed by atoms with Crippen molar-refractivity contribution in [3.05, 3.63) is 29.3 Å². The molecule has 0 saturated carbocycles. The van der Waals surface area contributed by atoms with Gasteiger partial charge in [0.15, 0.2) is 0 Å². The van der Waals surface area contributed by atoms with E-state index in [2.05, 4.69) is 9.84 Å². The van der Waals surface area contributed by atoms with E-state index >= 15 is 0 Å². The van der Waals surface area contributed by atoms with Crippen LogP contribution in [0.4, 0.5) is 8.78 Å². The van der Waals surface area contributed by atoms with Gasteiger partial charge in [-0.2, -0.15) is 8.78 Å². The maximum absolute atomic E-state index is 12.2. The lowest BCUT2D eigenvalue weighted by atomic mass is 10.1. The summed E-state index contributed by atoms with van der Waals surface area (Å²) < 4.78 is 35.1. The maximum Gasteiger partial charge on any atom is 0.388 e. The molecule has 0 atom stereocenters. The van der Waals surface area contributed by atoms with E-state index in [1.54, 1.807) is 38.4 Å². The third-order valence-electron chi connectivity index (χ3n) is 2.52. The minimum absolute atomic E-state index is 0.0490. The topological polar surface area (TPSA) is 36.3 Å². The van der Waals surface area contributed by atoms with Gasteiger partial charge < -0.3 is 9.47 Å². The zero-order valence-electron chi connectivity index (χ0n) is 10.2. The van der Waals surface area contributed by atoms with E-state index in [1.807, 2.05) is 0 Å². The van der Waals surface area contributed by atoms with Crippen LogP contribution in [0.5, 0.6) is 11.6 Å². The summed E-state index contributed by atoms with van der Waals surface area (Å²) in [6.45, 7) is -2.96. The molecule has 4 nitrogen and oxygen atoms in total. The quantitative estimate of drug-likeness (QED) is 0.865. The highest BCUT2D eigenvalue weighted by atomic mass is 35.5. The molecule has 0 amide bonds. The fourth-order valence-corrected chi connectivity index (χ4v) is 2.01. The van der Waals surface area contributed by atoms with Gasteiger partial charge in [-0.25, -0.2) is 0 Å². The Kier molecular flexibility index (Phi) is 3.90. The second-order valence-corrected chi connectivity index (χ2v) is 4.08. The van der Waals surface area contributed by atoms with Gasteiger partial charge in [0.25, 0.3) is 5.88 Å². The van der Waals surface area contributed by atoms with Crippen molar-refractivity contribution < 1.29 is 18.3 Å². The Morgan fingerprint density at radius 1 is 1.26 bits per heavy atom. The van der Waals surface area contributed by atoms with E-state index in [-0.39, 0.29) is 10.9 Å². The van der Waals surface area contributed by atoms with Crippen LogP contribution in [-0.2, 0) is 7.05 Å². The van der Waals surface area contributed by atoms with Crippen molar-refractivity contribution in [3.63, 3.8) is 0 Å². The van der Waals surface area contributed by atoms with Crippen LogP contribution >= 0.6 is 11.6 Å². The van der Waals surface area contributed by atoms with Crippen LogP contribution in [-0.4, -0.2) is 23.5 Å². The van der Waals surface area contributed by atoms with Crippen LogP contribution in [0.2, 0.25) is 5.02 Å². The van der Waals surface area contributed by atoms with Gasteiger partial charge in [0.2, 0.25) is 0 Å². The van der Waals surface area contributed by atoms with E-state index in [1.165, 1.54) is 4.68 Å². The number of methoxy groups -OCH3 is 1. The summed E-state index contributed by atoms with van der Waals surface area (Å²) in [5.41, 5.74) is 1.23. The molecule has 1 aromatic heterocycles. The predicted octanol–water partition coefficient (Wildman–Crippen LogP) is 3.35. The summed E-state index contributed by atoms with van der Waals surface area (Å²) in [6.07, 6.45) is 0. The number of alkyl halides is 2. The van der Waals surface area contributed by atoms with Gasteiger partial charge in [0.05, 0.1) is 12.8 Å². The molecule has 0 aliphatic heterocycles. The molecule has 1 aromatic carbocycles. The molecule has 0 N–H and O–H groups in total. The smallest absolute Gasteiger partial charge is 0.388 e. The Morgan fingerprint density at radius 2 is 1.89 bits per heavy atom. The summed E-state index contributed by atoms with van der Waals surface area (Å²) in [5, 5.41) is 3.87. The van der Waals surface area contributed by atoms with E-state index < -0.39 is 6.61 Å². The lowest BCUT2D eigenvalue weighted by molar-refractivity contribution is -0.0530. The molecule has 1 heterocycles. The van der Waals surface area contributed by atoms with Gasteiger partial charge >= 0.3 is 6.61 Å². The van der Waals surface area contributed by atoms with Crippen LogP contribution in [0.3, 0.4) is 0 Å². The number of aryl methyl sites for hydroxylation is 1. The number of rotatable bonds is 4. The zero-order chi connectivity index (χ0) is 14.0. The molecule has 0 spiro atoms. The summed E-state index contributed by atoms with van der Waals surface area (Å²) in [6, 6.07) is 7.00. The standard InChI is InChI=1S/C12H11ClF2N2O2/c1-17-10(7-3-5-8(18-2)6-4-7)9(13)11(16-17)19-12(14)15/h3-6,12H,1-2H3. The summed E-state index contributed by atoms with van der Waals surface area (Å²) >= 11 is 6.01. The molecule has 19 heavy (non-hydrogen) atoms. The number of ether oxygens (including phenoxy) is 2. The second-order valence-electron chi connectivity index (χ2n) is 3.70. The van der Waals surface area contributed by atoms with Crippen LogP contribution in [0, 0.1) is 0 Å². The molecule has 2 aromatic rings. The third-order valence-corrected chi connectivity index (χ3v) is 2.86. The normalized spacial score (nSPS) is 10.8. The number of benzene rings is 1. The van der Waals surface area contributed by atoms with Gasteiger partial charge in [-0.05, 0) is 24.3 Å². The highest BCUT2D eigenvalue weighted by Gasteiger charge is 2.19. The van der Waals surface area contributed by atoms with Crippen LogP contribution in [0.15, 0.2) is 24.3 Å².